The van der Waals surface area contributed by atoms with E-state index >= 15 is 0 Å². The van der Waals surface area contributed by atoms with Crippen molar-refractivity contribution in [2.75, 3.05) is 5.73 Å². The molecule has 0 unspecified atom stereocenters. The van der Waals surface area contributed by atoms with Gasteiger partial charge in [-0.25, -0.2) is 4.98 Å². The smallest absolute Gasteiger partial charge is 0.290 e. The fraction of sp³-hybridized carbons (Fsp3) is 0. The van der Waals surface area contributed by atoms with E-state index in [-0.39, 0.29) is 10.1 Å². The van der Waals surface area contributed by atoms with E-state index in [1.165, 1.54) is 6.08 Å². The lowest BCUT2D eigenvalue weighted by Crippen LogP contribution is -2.17. The molecule has 124 valence electrons. The quantitative estimate of drug-likeness (QED) is 0.523. The molecule has 3 N–H and O–H groups in total. The van der Waals surface area contributed by atoms with Crippen molar-refractivity contribution in [3.8, 4) is 11.1 Å². The summed E-state index contributed by atoms with van der Waals surface area (Å²) >= 11 is 6.69. The average molecular weight is 373 g/mol. The van der Waals surface area contributed by atoms with Crippen molar-refractivity contribution in [1.82, 2.24) is 15.3 Å². The number of hydrogen-bond donors (Lipinski definition) is 2. The van der Waals surface area contributed by atoms with Crippen LogP contribution in [0.4, 0.5) is 10.5 Å². The maximum atomic E-state index is 11.7. The number of imide groups is 1. The standard InChI is InChI=1S/C16H9ClN4O3S/c17-14-11(18)2-7(5-20-14)10-6-19-4-8-1-9(24-13(8)10)3-12-15(22)21-16(23)25-12/h1-6H,18H2,(H,21,22,23)/b12-3-. The zero-order valence-electron chi connectivity index (χ0n) is 12.4. The number of amides is 2. The summed E-state index contributed by atoms with van der Waals surface area (Å²) in [7, 11) is 0. The summed E-state index contributed by atoms with van der Waals surface area (Å²) in [4.78, 5) is 31.4. The third kappa shape index (κ3) is 2.86. The van der Waals surface area contributed by atoms with Crippen LogP contribution in [0.3, 0.4) is 0 Å². The summed E-state index contributed by atoms with van der Waals surface area (Å²) in [5, 5.41) is 2.76. The van der Waals surface area contributed by atoms with E-state index in [1.54, 1.807) is 30.7 Å². The number of halogens is 1. The van der Waals surface area contributed by atoms with Crippen molar-refractivity contribution in [3.63, 3.8) is 0 Å². The number of carbonyl (C=O) groups is 2. The number of furan rings is 1. The lowest BCUT2D eigenvalue weighted by Gasteiger charge is -2.04. The number of nitrogens with two attached hydrogens (primary N) is 1. The highest BCUT2D eigenvalue weighted by atomic mass is 35.5. The molecule has 1 saturated heterocycles. The van der Waals surface area contributed by atoms with Gasteiger partial charge in [-0.1, -0.05) is 11.6 Å². The Bertz CT molecular complexity index is 1080. The molecule has 0 aliphatic carbocycles. The van der Waals surface area contributed by atoms with Gasteiger partial charge in [-0.15, -0.1) is 0 Å². The molecule has 1 fully saturated rings. The molecule has 0 spiro atoms. The number of nitrogens with zero attached hydrogens (tertiary/aromatic N) is 2. The average Bonchev–Trinajstić information content (AvgIpc) is 3.12. The summed E-state index contributed by atoms with van der Waals surface area (Å²) in [5.41, 5.74) is 8.13. The first-order valence-electron chi connectivity index (χ1n) is 7.05. The molecule has 0 atom stereocenters. The number of hydrogen-bond acceptors (Lipinski definition) is 7. The number of nitrogen functional groups attached to an aromatic ring is 1. The van der Waals surface area contributed by atoms with E-state index in [2.05, 4.69) is 15.3 Å². The Morgan fingerprint density at radius 1 is 1.24 bits per heavy atom. The Morgan fingerprint density at radius 2 is 2.08 bits per heavy atom. The number of rotatable bonds is 2. The van der Waals surface area contributed by atoms with Gasteiger partial charge in [0.25, 0.3) is 11.1 Å². The Labute approximate surface area is 150 Å². The van der Waals surface area contributed by atoms with Crippen molar-refractivity contribution in [2.24, 2.45) is 0 Å². The SMILES string of the molecule is Nc1cc(-c2cncc3cc(/C=C4\SC(=O)NC4=O)oc23)cnc1Cl. The van der Waals surface area contributed by atoms with Crippen LogP contribution in [0.15, 0.2) is 40.0 Å². The number of pyridine rings is 2. The summed E-state index contributed by atoms with van der Waals surface area (Å²) in [6.45, 7) is 0. The Morgan fingerprint density at radius 3 is 2.80 bits per heavy atom. The van der Waals surface area contributed by atoms with E-state index < -0.39 is 11.1 Å². The largest absolute Gasteiger partial charge is 0.456 e. The molecule has 2 amide bonds. The summed E-state index contributed by atoms with van der Waals surface area (Å²) < 4.78 is 5.85. The second-order valence-electron chi connectivity index (χ2n) is 5.21. The first-order valence-corrected chi connectivity index (χ1v) is 8.24. The number of carbonyl (C=O) groups excluding carboxylic acids is 2. The van der Waals surface area contributed by atoms with Crippen LogP contribution in [0, 0.1) is 0 Å². The Kier molecular flexibility index (Phi) is 3.70. The molecular weight excluding hydrogens is 364 g/mol. The van der Waals surface area contributed by atoms with Crippen LogP contribution in [0.2, 0.25) is 5.15 Å². The lowest BCUT2D eigenvalue weighted by molar-refractivity contribution is -0.115. The van der Waals surface area contributed by atoms with Gasteiger partial charge in [-0.05, 0) is 23.9 Å². The Balaban J connectivity index is 1.81. The minimum atomic E-state index is -0.441. The minimum absolute atomic E-state index is 0.225. The number of aromatic nitrogens is 2. The Hall–Kier alpha value is -2.84. The molecule has 0 radical (unpaired) electrons. The van der Waals surface area contributed by atoms with Gasteiger partial charge < -0.3 is 10.2 Å². The maximum Gasteiger partial charge on any atom is 0.290 e. The molecule has 1 aliphatic heterocycles. The van der Waals surface area contributed by atoms with Gasteiger partial charge in [0.05, 0.1) is 10.6 Å². The van der Waals surface area contributed by atoms with E-state index in [1.807, 2.05) is 0 Å². The molecule has 0 aromatic carbocycles. The third-order valence-electron chi connectivity index (χ3n) is 3.53. The van der Waals surface area contributed by atoms with Gasteiger partial charge in [0, 0.05) is 41.2 Å². The zero-order valence-corrected chi connectivity index (χ0v) is 14.0. The van der Waals surface area contributed by atoms with E-state index in [0.29, 0.717) is 28.2 Å². The predicted molar refractivity (Wildman–Crippen MR) is 95.8 cm³/mol. The lowest BCUT2D eigenvalue weighted by atomic mass is 10.1. The number of anilines is 1. The van der Waals surface area contributed by atoms with Crippen molar-refractivity contribution in [1.29, 1.82) is 0 Å². The second kappa shape index (κ2) is 5.91. The number of thioether (sulfide) groups is 1. The van der Waals surface area contributed by atoms with Gasteiger partial charge in [-0.3, -0.25) is 19.9 Å². The van der Waals surface area contributed by atoms with Gasteiger partial charge in [-0.2, -0.15) is 0 Å². The first-order chi connectivity index (χ1) is 12.0. The second-order valence-corrected chi connectivity index (χ2v) is 6.58. The zero-order chi connectivity index (χ0) is 17.6. The van der Waals surface area contributed by atoms with Gasteiger partial charge in [0.15, 0.2) is 5.15 Å². The predicted octanol–water partition coefficient (Wildman–Crippen LogP) is 3.45. The number of nitrogens with one attached hydrogen (secondary N) is 1. The van der Waals surface area contributed by atoms with Crippen molar-refractivity contribution in [2.45, 2.75) is 0 Å². The van der Waals surface area contributed by atoms with Crippen LogP contribution in [0.5, 0.6) is 0 Å². The highest BCUT2D eigenvalue weighted by Crippen LogP contribution is 2.33. The normalized spacial score (nSPS) is 16.0. The molecular formula is C16H9ClN4O3S. The topological polar surface area (TPSA) is 111 Å². The molecule has 0 bridgehead atoms. The van der Waals surface area contributed by atoms with Crippen LogP contribution >= 0.6 is 23.4 Å². The highest BCUT2D eigenvalue weighted by Gasteiger charge is 2.25. The summed E-state index contributed by atoms with van der Waals surface area (Å²) in [6.07, 6.45) is 6.37. The van der Waals surface area contributed by atoms with Crippen LogP contribution < -0.4 is 11.1 Å². The molecule has 4 heterocycles. The maximum absolute atomic E-state index is 11.7. The van der Waals surface area contributed by atoms with E-state index in [4.69, 9.17) is 21.8 Å². The minimum Gasteiger partial charge on any atom is -0.456 e. The van der Waals surface area contributed by atoms with Crippen molar-refractivity contribution >= 4 is 57.2 Å². The van der Waals surface area contributed by atoms with Crippen molar-refractivity contribution < 1.29 is 14.0 Å². The first kappa shape index (κ1) is 15.7. The monoisotopic (exact) mass is 372 g/mol. The fourth-order valence-corrected chi connectivity index (χ4v) is 3.19. The molecule has 1 aliphatic rings. The van der Waals surface area contributed by atoms with Gasteiger partial charge in [0.1, 0.15) is 11.3 Å². The van der Waals surface area contributed by atoms with Crippen LogP contribution in [-0.2, 0) is 4.79 Å². The van der Waals surface area contributed by atoms with Crippen LogP contribution in [0.1, 0.15) is 5.76 Å². The number of fused-ring (bicyclic) bond motifs is 1. The molecule has 3 aromatic heterocycles. The van der Waals surface area contributed by atoms with E-state index in [0.717, 1.165) is 17.1 Å². The summed E-state index contributed by atoms with van der Waals surface area (Å²) in [6, 6.07) is 3.42. The molecule has 3 aromatic rings. The third-order valence-corrected chi connectivity index (χ3v) is 4.66. The molecule has 9 heteroatoms. The molecule has 7 nitrogen and oxygen atoms in total. The molecule has 4 rings (SSSR count). The van der Waals surface area contributed by atoms with Crippen LogP contribution in [0.25, 0.3) is 28.2 Å². The fourth-order valence-electron chi connectivity index (χ4n) is 2.42. The van der Waals surface area contributed by atoms with Crippen molar-refractivity contribution in [3.05, 3.63) is 46.5 Å². The summed E-state index contributed by atoms with van der Waals surface area (Å²) in [5.74, 6) is -0.00465. The van der Waals surface area contributed by atoms with Crippen LogP contribution in [-0.4, -0.2) is 21.1 Å². The van der Waals surface area contributed by atoms with Gasteiger partial charge >= 0.3 is 0 Å². The van der Waals surface area contributed by atoms with Gasteiger partial charge in [0.2, 0.25) is 0 Å². The van der Waals surface area contributed by atoms with E-state index in [9.17, 15) is 9.59 Å². The highest BCUT2D eigenvalue weighted by molar-refractivity contribution is 8.18. The molecule has 25 heavy (non-hydrogen) atoms. The molecule has 0 saturated carbocycles.